The molecular formula is C15H18ClN5. The van der Waals surface area contributed by atoms with Gasteiger partial charge in [-0.2, -0.15) is 0 Å². The zero-order chi connectivity index (χ0) is 14.8. The first-order valence-corrected chi connectivity index (χ1v) is 7.57. The van der Waals surface area contributed by atoms with Gasteiger partial charge < -0.3 is 9.13 Å². The van der Waals surface area contributed by atoms with Crippen molar-refractivity contribution in [3.05, 3.63) is 42.4 Å². The Morgan fingerprint density at radius 1 is 1.38 bits per heavy atom. The second-order valence-electron chi connectivity index (χ2n) is 5.30. The summed E-state index contributed by atoms with van der Waals surface area (Å²) in [5.74, 6) is 1.55. The minimum Gasteiger partial charge on any atom is -0.335 e. The largest absolute Gasteiger partial charge is 0.335 e. The highest BCUT2D eigenvalue weighted by Gasteiger charge is 2.17. The molecule has 0 aromatic carbocycles. The van der Waals surface area contributed by atoms with Crippen molar-refractivity contribution in [2.24, 2.45) is 0 Å². The molecule has 0 aliphatic carbocycles. The summed E-state index contributed by atoms with van der Waals surface area (Å²) in [6.07, 6.45) is 8.21. The van der Waals surface area contributed by atoms with Crippen LogP contribution in [0.3, 0.4) is 0 Å². The highest BCUT2D eigenvalue weighted by Crippen LogP contribution is 2.22. The van der Waals surface area contributed by atoms with Crippen molar-refractivity contribution in [3.8, 4) is 0 Å². The van der Waals surface area contributed by atoms with E-state index in [0.717, 1.165) is 35.5 Å². The molecule has 0 amide bonds. The summed E-state index contributed by atoms with van der Waals surface area (Å²) in [6.45, 7) is 5.03. The third kappa shape index (κ3) is 2.78. The summed E-state index contributed by atoms with van der Waals surface area (Å²) >= 11 is 5.93. The van der Waals surface area contributed by atoms with Crippen molar-refractivity contribution in [1.29, 1.82) is 0 Å². The molecule has 0 N–H and O–H groups in total. The van der Waals surface area contributed by atoms with Crippen LogP contribution in [0, 0.1) is 6.92 Å². The van der Waals surface area contributed by atoms with Gasteiger partial charge in [0.1, 0.15) is 11.3 Å². The normalized spacial score (nSPS) is 12.9. The maximum absolute atomic E-state index is 5.93. The Morgan fingerprint density at radius 3 is 2.95 bits per heavy atom. The van der Waals surface area contributed by atoms with Gasteiger partial charge in [-0.15, -0.1) is 11.6 Å². The second kappa shape index (κ2) is 5.85. The van der Waals surface area contributed by atoms with E-state index in [1.807, 2.05) is 25.6 Å². The molecule has 0 aliphatic heterocycles. The lowest BCUT2D eigenvalue weighted by molar-refractivity contribution is 0.459. The fraction of sp³-hybridized carbons (Fsp3) is 0.400. The van der Waals surface area contributed by atoms with Crippen LogP contribution in [0.1, 0.15) is 24.4 Å². The molecular weight excluding hydrogens is 286 g/mol. The number of hydrogen-bond acceptors (Lipinski definition) is 3. The van der Waals surface area contributed by atoms with Gasteiger partial charge in [0.25, 0.3) is 0 Å². The summed E-state index contributed by atoms with van der Waals surface area (Å²) in [7, 11) is 0. The van der Waals surface area contributed by atoms with Crippen molar-refractivity contribution in [2.45, 2.75) is 32.9 Å². The van der Waals surface area contributed by atoms with E-state index in [9.17, 15) is 0 Å². The van der Waals surface area contributed by atoms with Gasteiger partial charge in [-0.3, -0.25) is 0 Å². The third-order valence-electron chi connectivity index (χ3n) is 3.53. The SMILES string of the molecule is Cc1cnc2c(c1)nc(CCCl)n2C(C)Cn1ccnc1. The van der Waals surface area contributed by atoms with Crippen LogP contribution < -0.4 is 0 Å². The number of aryl methyl sites for hydroxylation is 2. The van der Waals surface area contributed by atoms with Crippen molar-refractivity contribution < 1.29 is 0 Å². The van der Waals surface area contributed by atoms with E-state index in [0.29, 0.717) is 5.88 Å². The number of imidazole rings is 2. The number of hydrogen-bond donors (Lipinski definition) is 0. The summed E-state index contributed by atoms with van der Waals surface area (Å²) in [5, 5.41) is 0. The van der Waals surface area contributed by atoms with Crippen molar-refractivity contribution in [1.82, 2.24) is 24.1 Å². The quantitative estimate of drug-likeness (QED) is 0.681. The molecule has 0 aliphatic rings. The molecule has 0 bridgehead atoms. The molecule has 0 fully saturated rings. The summed E-state index contributed by atoms with van der Waals surface area (Å²) in [6, 6.07) is 2.30. The average Bonchev–Trinajstić information content (AvgIpc) is 3.05. The van der Waals surface area contributed by atoms with Crippen LogP contribution in [0.15, 0.2) is 31.0 Å². The smallest absolute Gasteiger partial charge is 0.160 e. The van der Waals surface area contributed by atoms with Crippen molar-refractivity contribution in [2.75, 3.05) is 5.88 Å². The number of rotatable bonds is 5. The van der Waals surface area contributed by atoms with Gasteiger partial charge in [0.05, 0.1) is 12.4 Å². The molecule has 21 heavy (non-hydrogen) atoms. The summed E-state index contributed by atoms with van der Waals surface area (Å²) < 4.78 is 4.26. The molecule has 3 rings (SSSR count). The van der Waals surface area contributed by atoms with Gasteiger partial charge in [-0.25, -0.2) is 15.0 Å². The van der Waals surface area contributed by atoms with E-state index in [-0.39, 0.29) is 6.04 Å². The van der Waals surface area contributed by atoms with Crippen LogP contribution >= 0.6 is 11.6 Å². The number of nitrogens with zero attached hydrogens (tertiary/aromatic N) is 5. The first-order valence-electron chi connectivity index (χ1n) is 7.04. The Hall–Kier alpha value is -1.88. The highest BCUT2D eigenvalue weighted by atomic mass is 35.5. The number of halogens is 1. The lowest BCUT2D eigenvalue weighted by Gasteiger charge is -2.17. The van der Waals surface area contributed by atoms with E-state index in [2.05, 4.69) is 32.1 Å². The molecule has 1 atom stereocenters. The Kier molecular flexibility index (Phi) is 3.92. The van der Waals surface area contributed by atoms with Crippen LogP contribution in [0.5, 0.6) is 0 Å². The standard InChI is InChI=1S/C15H18ClN5/c1-11-7-13-15(18-8-11)21(14(19-13)3-4-16)12(2)9-20-6-5-17-10-20/h5-8,10,12H,3-4,9H2,1-2H3. The number of pyridine rings is 1. The van der Waals surface area contributed by atoms with Gasteiger partial charge in [-0.1, -0.05) is 0 Å². The first kappa shape index (κ1) is 14.1. The third-order valence-corrected chi connectivity index (χ3v) is 3.72. The Balaban J connectivity index is 2.03. The van der Waals surface area contributed by atoms with Crippen LogP contribution in [0.4, 0.5) is 0 Å². The minimum atomic E-state index is 0.234. The first-order chi connectivity index (χ1) is 10.2. The number of fused-ring (bicyclic) bond motifs is 1. The maximum atomic E-state index is 5.93. The summed E-state index contributed by atoms with van der Waals surface area (Å²) in [5.41, 5.74) is 2.98. The molecule has 0 saturated carbocycles. The predicted molar refractivity (Wildman–Crippen MR) is 83.6 cm³/mol. The zero-order valence-corrected chi connectivity index (χ0v) is 13.0. The molecule has 5 nitrogen and oxygen atoms in total. The highest BCUT2D eigenvalue weighted by molar-refractivity contribution is 6.17. The molecule has 0 radical (unpaired) electrons. The lowest BCUT2D eigenvalue weighted by atomic mass is 10.3. The Labute approximate surface area is 128 Å². The topological polar surface area (TPSA) is 48.5 Å². The van der Waals surface area contributed by atoms with Crippen LogP contribution in [-0.4, -0.2) is 30.0 Å². The van der Waals surface area contributed by atoms with Gasteiger partial charge in [0, 0.05) is 37.4 Å². The predicted octanol–water partition coefficient (Wildman–Crippen LogP) is 2.98. The van der Waals surface area contributed by atoms with Crippen molar-refractivity contribution in [3.63, 3.8) is 0 Å². The van der Waals surface area contributed by atoms with Crippen LogP contribution in [-0.2, 0) is 13.0 Å². The fourth-order valence-corrected chi connectivity index (χ4v) is 2.80. The average molecular weight is 304 g/mol. The van der Waals surface area contributed by atoms with Gasteiger partial charge in [0.15, 0.2) is 5.65 Å². The molecule has 110 valence electrons. The Morgan fingerprint density at radius 2 is 2.24 bits per heavy atom. The summed E-state index contributed by atoms with van der Waals surface area (Å²) in [4.78, 5) is 13.4. The molecule has 3 heterocycles. The second-order valence-corrected chi connectivity index (χ2v) is 5.68. The molecule has 0 saturated heterocycles. The number of alkyl halides is 1. The Bertz CT molecular complexity index is 732. The minimum absolute atomic E-state index is 0.234. The van der Waals surface area contributed by atoms with E-state index in [1.165, 1.54) is 0 Å². The monoisotopic (exact) mass is 303 g/mol. The fourth-order valence-electron chi connectivity index (χ4n) is 2.64. The molecule has 3 aromatic heterocycles. The van der Waals surface area contributed by atoms with E-state index in [1.54, 1.807) is 6.20 Å². The van der Waals surface area contributed by atoms with E-state index < -0.39 is 0 Å². The van der Waals surface area contributed by atoms with Crippen LogP contribution in [0.25, 0.3) is 11.2 Å². The molecule has 1 unspecified atom stereocenters. The molecule has 0 spiro atoms. The molecule has 3 aromatic rings. The zero-order valence-electron chi connectivity index (χ0n) is 12.2. The van der Waals surface area contributed by atoms with Crippen molar-refractivity contribution >= 4 is 22.8 Å². The van der Waals surface area contributed by atoms with Gasteiger partial charge >= 0.3 is 0 Å². The molecule has 6 heteroatoms. The van der Waals surface area contributed by atoms with E-state index >= 15 is 0 Å². The van der Waals surface area contributed by atoms with Gasteiger partial charge in [-0.05, 0) is 25.5 Å². The lowest BCUT2D eigenvalue weighted by Crippen LogP contribution is -2.15. The van der Waals surface area contributed by atoms with E-state index in [4.69, 9.17) is 16.6 Å². The van der Waals surface area contributed by atoms with Crippen LogP contribution in [0.2, 0.25) is 0 Å². The number of aromatic nitrogens is 5. The van der Waals surface area contributed by atoms with Gasteiger partial charge in [0.2, 0.25) is 0 Å². The maximum Gasteiger partial charge on any atom is 0.160 e.